The van der Waals surface area contributed by atoms with Crippen LogP contribution in [-0.2, 0) is 20.5 Å². The molecule has 0 unspecified atom stereocenters. The number of rotatable bonds is 6. The van der Waals surface area contributed by atoms with Crippen LogP contribution < -0.4 is 10.5 Å². The Bertz CT molecular complexity index is 551. The molecule has 2 rings (SSSR count). The first-order chi connectivity index (χ1) is 10.1. The summed E-state index contributed by atoms with van der Waals surface area (Å²) in [6.07, 6.45) is 1.33. The molecule has 21 heavy (non-hydrogen) atoms. The molecule has 0 spiro atoms. The molecular weight excluding hydrogens is 298 g/mol. The van der Waals surface area contributed by atoms with E-state index in [0.29, 0.717) is 38.0 Å². The molecule has 3 N–H and O–H groups in total. The van der Waals surface area contributed by atoms with Gasteiger partial charge in [-0.1, -0.05) is 5.16 Å². The standard InChI is InChI=1S/C11H19N5O4S/c12-11(16-4-7-19-8-5-16)13-2-3-14-21(17,18)9-10-1-6-20-15-10/h1,6,14H,2-5,7-9H2,(H2,12,13). The van der Waals surface area contributed by atoms with Crippen molar-refractivity contribution in [3.8, 4) is 0 Å². The highest BCUT2D eigenvalue weighted by atomic mass is 32.2. The first kappa shape index (κ1) is 15.7. The summed E-state index contributed by atoms with van der Waals surface area (Å²) in [5.74, 6) is 0.195. The Morgan fingerprint density at radius 3 is 2.90 bits per heavy atom. The molecule has 1 aromatic rings. The summed E-state index contributed by atoms with van der Waals surface area (Å²) in [6.45, 7) is 3.12. The second kappa shape index (κ2) is 7.38. The van der Waals surface area contributed by atoms with Crippen LogP contribution in [0, 0.1) is 0 Å². The van der Waals surface area contributed by atoms with E-state index in [4.69, 9.17) is 10.5 Å². The fraction of sp³-hybridized carbons (Fsp3) is 0.636. The molecule has 0 aliphatic carbocycles. The van der Waals surface area contributed by atoms with Gasteiger partial charge in [0.1, 0.15) is 12.0 Å². The zero-order chi connectivity index (χ0) is 15.1. The molecule has 9 nitrogen and oxygen atoms in total. The van der Waals surface area contributed by atoms with E-state index in [2.05, 4.69) is 19.4 Å². The highest BCUT2D eigenvalue weighted by Gasteiger charge is 2.14. The van der Waals surface area contributed by atoms with Crippen molar-refractivity contribution >= 4 is 16.0 Å². The Balaban J connectivity index is 1.73. The molecule has 118 valence electrons. The second-order valence-corrected chi connectivity index (χ2v) is 6.29. The van der Waals surface area contributed by atoms with Crippen molar-refractivity contribution in [2.24, 2.45) is 10.7 Å². The molecule has 0 atom stereocenters. The van der Waals surface area contributed by atoms with E-state index in [-0.39, 0.29) is 18.8 Å². The van der Waals surface area contributed by atoms with Gasteiger partial charge in [-0.25, -0.2) is 13.1 Å². The SMILES string of the molecule is NC(=NCCNS(=O)(=O)Cc1ccon1)N1CCOCC1. The monoisotopic (exact) mass is 317 g/mol. The molecule has 1 aliphatic rings. The van der Waals surface area contributed by atoms with Crippen molar-refractivity contribution in [2.45, 2.75) is 5.75 Å². The van der Waals surface area contributed by atoms with Gasteiger partial charge in [0.25, 0.3) is 0 Å². The van der Waals surface area contributed by atoms with Crippen LogP contribution in [0.5, 0.6) is 0 Å². The second-order valence-electron chi connectivity index (χ2n) is 4.48. The third-order valence-corrected chi connectivity index (χ3v) is 4.19. The van der Waals surface area contributed by atoms with Crippen LogP contribution >= 0.6 is 0 Å². The minimum Gasteiger partial charge on any atom is -0.378 e. The third-order valence-electron chi connectivity index (χ3n) is 2.87. The van der Waals surface area contributed by atoms with Gasteiger partial charge in [0, 0.05) is 25.7 Å². The quantitative estimate of drug-likeness (QED) is 0.381. The Labute approximate surface area is 123 Å². The lowest BCUT2D eigenvalue weighted by Gasteiger charge is -2.27. The fourth-order valence-electron chi connectivity index (χ4n) is 1.82. The fourth-order valence-corrected chi connectivity index (χ4v) is 2.86. The highest BCUT2D eigenvalue weighted by molar-refractivity contribution is 7.88. The molecule has 1 aromatic heterocycles. The number of aromatic nitrogens is 1. The smallest absolute Gasteiger partial charge is 0.217 e. The zero-order valence-electron chi connectivity index (χ0n) is 11.6. The lowest BCUT2D eigenvalue weighted by atomic mass is 10.4. The van der Waals surface area contributed by atoms with Crippen LogP contribution in [0.4, 0.5) is 0 Å². The lowest BCUT2D eigenvalue weighted by Crippen LogP contribution is -2.45. The molecule has 0 radical (unpaired) electrons. The molecular formula is C11H19N5O4S. The maximum Gasteiger partial charge on any atom is 0.217 e. The van der Waals surface area contributed by atoms with Crippen LogP contribution in [0.15, 0.2) is 21.8 Å². The molecule has 1 aliphatic heterocycles. The zero-order valence-corrected chi connectivity index (χ0v) is 12.4. The number of nitrogens with zero attached hydrogens (tertiary/aromatic N) is 3. The van der Waals surface area contributed by atoms with Gasteiger partial charge in [-0.2, -0.15) is 0 Å². The molecule has 10 heteroatoms. The Morgan fingerprint density at radius 2 is 2.24 bits per heavy atom. The number of nitrogens with one attached hydrogen (secondary N) is 1. The molecule has 1 saturated heterocycles. The van der Waals surface area contributed by atoms with Gasteiger partial charge in [-0.05, 0) is 0 Å². The maximum absolute atomic E-state index is 11.7. The van der Waals surface area contributed by atoms with E-state index >= 15 is 0 Å². The lowest BCUT2D eigenvalue weighted by molar-refractivity contribution is 0.0674. The van der Waals surface area contributed by atoms with Crippen molar-refractivity contribution in [1.82, 2.24) is 14.8 Å². The number of aliphatic imine (C=N–C) groups is 1. The summed E-state index contributed by atoms with van der Waals surface area (Å²) in [6, 6.07) is 1.51. The maximum atomic E-state index is 11.7. The Kier molecular flexibility index (Phi) is 5.53. The molecule has 0 bridgehead atoms. The summed E-state index contributed by atoms with van der Waals surface area (Å²) in [5.41, 5.74) is 6.19. The average Bonchev–Trinajstić information content (AvgIpc) is 2.96. The first-order valence-electron chi connectivity index (χ1n) is 6.56. The summed E-state index contributed by atoms with van der Waals surface area (Å²) in [7, 11) is -3.44. The van der Waals surface area contributed by atoms with Crippen LogP contribution in [-0.4, -0.2) is 63.8 Å². The number of hydrogen-bond donors (Lipinski definition) is 2. The van der Waals surface area contributed by atoms with Gasteiger partial charge in [0.2, 0.25) is 10.0 Å². The van der Waals surface area contributed by atoms with Gasteiger partial charge in [-0.15, -0.1) is 0 Å². The Morgan fingerprint density at radius 1 is 1.48 bits per heavy atom. The van der Waals surface area contributed by atoms with E-state index < -0.39 is 10.0 Å². The predicted octanol–water partition coefficient (Wildman–Crippen LogP) is -1.26. The minimum atomic E-state index is -3.44. The summed E-state index contributed by atoms with van der Waals surface area (Å²) in [5, 5.41) is 3.56. The number of ether oxygens (including phenoxy) is 1. The molecule has 0 saturated carbocycles. The van der Waals surface area contributed by atoms with Crippen molar-refractivity contribution in [3.05, 3.63) is 18.0 Å². The van der Waals surface area contributed by atoms with Gasteiger partial charge >= 0.3 is 0 Å². The number of hydrogen-bond acceptors (Lipinski definition) is 6. The van der Waals surface area contributed by atoms with E-state index in [1.165, 1.54) is 12.3 Å². The van der Waals surface area contributed by atoms with E-state index in [0.717, 1.165) is 0 Å². The number of guanidine groups is 1. The van der Waals surface area contributed by atoms with Crippen molar-refractivity contribution < 1.29 is 17.7 Å². The topological polar surface area (TPSA) is 123 Å². The highest BCUT2D eigenvalue weighted by Crippen LogP contribution is 2.00. The van der Waals surface area contributed by atoms with Gasteiger partial charge in [0.15, 0.2) is 5.96 Å². The van der Waals surface area contributed by atoms with E-state index in [9.17, 15) is 8.42 Å². The number of nitrogens with two attached hydrogens (primary N) is 1. The summed E-state index contributed by atoms with van der Waals surface area (Å²) >= 11 is 0. The minimum absolute atomic E-state index is 0.186. The Hall–Kier alpha value is -1.65. The van der Waals surface area contributed by atoms with E-state index in [1.54, 1.807) is 0 Å². The molecule has 0 aromatic carbocycles. The van der Waals surface area contributed by atoms with Gasteiger partial charge in [-0.3, -0.25) is 4.99 Å². The third kappa shape index (κ3) is 5.33. The normalized spacial score (nSPS) is 17.1. The van der Waals surface area contributed by atoms with Crippen molar-refractivity contribution in [1.29, 1.82) is 0 Å². The first-order valence-corrected chi connectivity index (χ1v) is 8.21. The number of sulfonamides is 1. The summed E-state index contributed by atoms with van der Waals surface area (Å²) < 4.78 is 35.7. The van der Waals surface area contributed by atoms with Crippen molar-refractivity contribution in [3.63, 3.8) is 0 Å². The van der Waals surface area contributed by atoms with Crippen LogP contribution in [0.25, 0.3) is 0 Å². The molecule has 1 fully saturated rings. The van der Waals surface area contributed by atoms with Gasteiger partial charge in [0.05, 0.1) is 25.5 Å². The average molecular weight is 317 g/mol. The predicted molar refractivity (Wildman–Crippen MR) is 76.0 cm³/mol. The number of morpholine rings is 1. The van der Waals surface area contributed by atoms with Crippen LogP contribution in [0.1, 0.15) is 5.69 Å². The van der Waals surface area contributed by atoms with E-state index in [1.807, 2.05) is 4.90 Å². The molecule has 0 amide bonds. The van der Waals surface area contributed by atoms with Crippen molar-refractivity contribution in [2.75, 3.05) is 39.4 Å². The summed E-state index contributed by atoms with van der Waals surface area (Å²) in [4.78, 5) is 6.06. The van der Waals surface area contributed by atoms with Gasteiger partial charge < -0.3 is 19.9 Å². The molecule has 2 heterocycles. The van der Waals surface area contributed by atoms with Crippen LogP contribution in [0.3, 0.4) is 0 Å². The van der Waals surface area contributed by atoms with Crippen LogP contribution in [0.2, 0.25) is 0 Å². The largest absolute Gasteiger partial charge is 0.378 e.